The van der Waals surface area contributed by atoms with Crippen LogP contribution in [0.2, 0.25) is 0 Å². The summed E-state index contributed by atoms with van der Waals surface area (Å²) in [6.07, 6.45) is 3.03. The van der Waals surface area contributed by atoms with E-state index in [4.69, 9.17) is 0 Å². The molecule has 0 aromatic heterocycles. The van der Waals surface area contributed by atoms with Crippen molar-refractivity contribution in [2.75, 3.05) is 6.54 Å². The number of ketones is 1. The fourth-order valence-corrected chi connectivity index (χ4v) is 1.82. The molecule has 0 fully saturated rings. The van der Waals surface area contributed by atoms with E-state index < -0.39 is 0 Å². The molecule has 0 bridgehead atoms. The van der Waals surface area contributed by atoms with Gasteiger partial charge in [-0.1, -0.05) is 46.9 Å². The number of Topliss-reactive ketones (excluding diaryl/α,β-unsaturated/α-hetero) is 1. The highest BCUT2D eigenvalue weighted by Gasteiger charge is 2.20. The van der Waals surface area contributed by atoms with E-state index in [1.54, 1.807) is 0 Å². The van der Waals surface area contributed by atoms with Crippen LogP contribution in [0.4, 0.5) is 0 Å². The predicted molar refractivity (Wildman–Crippen MR) is 72.7 cm³/mol. The van der Waals surface area contributed by atoms with Gasteiger partial charge in [-0.15, -0.1) is 0 Å². The smallest absolute Gasteiger partial charge is 0.152 e. The second-order valence-corrected chi connectivity index (χ2v) is 5.15. The van der Waals surface area contributed by atoms with Crippen LogP contribution in [0.25, 0.3) is 0 Å². The zero-order valence-electron chi connectivity index (χ0n) is 10.9. The average Bonchev–Trinajstić information content (AvgIpc) is 2.20. The Morgan fingerprint density at radius 3 is 2.25 bits per heavy atom. The molecule has 96 valence electrons. The summed E-state index contributed by atoms with van der Waals surface area (Å²) in [5.41, 5.74) is 0. The summed E-state index contributed by atoms with van der Waals surface area (Å²) in [5.74, 6) is 0.437. The number of rotatable bonds is 9. The van der Waals surface area contributed by atoms with Crippen molar-refractivity contribution in [3.63, 3.8) is 0 Å². The van der Waals surface area contributed by atoms with Crippen LogP contribution in [0.15, 0.2) is 0 Å². The molecule has 0 aliphatic rings. The first-order chi connectivity index (χ1) is 7.49. The lowest BCUT2D eigenvalue weighted by Gasteiger charge is -2.21. The minimum atomic E-state index is 0.0138. The fraction of sp³-hybridized carbons (Fsp3) is 0.917. The Morgan fingerprint density at radius 2 is 1.81 bits per heavy atom. The zero-order chi connectivity index (χ0) is 12.6. The summed E-state index contributed by atoms with van der Waals surface area (Å²) in [5, 5.41) is 3.35. The van der Waals surface area contributed by atoms with E-state index in [1.807, 2.05) is 13.8 Å². The number of hydrogen-bond acceptors (Lipinski definition) is 4. The van der Waals surface area contributed by atoms with Crippen LogP contribution in [0, 0.1) is 5.92 Å². The van der Waals surface area contributed by atoms with Crippen molar-refractivity contribution in [2.45, 2.75) is 59.0 Å². The summed E-state index contributed by atoms with van der Waals surface area (Å²) in [7, 11) is 0. The topological polar surface area (TPSA) is 41.1 Å². The average molecular weight is 246 g/mol. The van der Waals surface area contributed by atoms with E-state index in [0.29, 0.717) is 11.8 Å². The van der Waals surface area contributed by atoms with E-state index in [9.17, 15) is 4.79 Å². The van der Waals surface area contributed by atoms with Gasteiger partial charge in [0, 0.05) is 18.5 Å². The molecule has 0 aromatic rings. The maximum absolute atomic E-state index is 11.9. The third kappa shape index (κ3) is 7.25. The van der Waals surface area contributed by atoms with Crippen molar-refractivity contribution in [2.24, 2.45) is 5.92 Å². The highest BCUT2D eigenvalue weighted by atomic mass is 32.1. The van der Waals surface area contributed by atoms with E-state index in [2.05, 4.69) is 36.7 Å². The van der Waals surface area contributed by atoms with Crippen LogP contribution in [-0.4, -0.2) is 24.4 Å². The maximum atomic E-state index is 11.9. The van der Waals surface area contributed by atoms with Gasteiger partial charge in [0.25, 0.3) is 0 Å². The molecule has 0 radical (unpaired) electrons. The quantitative estimate of drug-likeness (QED) is 0.431. The summed E-state index contributed by atoms with van der Waals surface area (Å²) < 4.78 is 2.82. The molecular formula is C12H26N2OS. The third-order valence-corrected chi connectivity index (χ3v) is 2.70. The largest absolute Gasteiger partial charge is 0.305 e. The number of carbonyl (C=O) groups excluding carboxylic acids is 1. The Labute approximate surface area is 105 Å². The van der Waals surface area contributed by atoms with Gasteiger partial charge in [0.2, 0.25) is 0 Å². The lowest BCUT2D eigenvalue weighted by molar-refractivity contribution is -0.124. The predicted octanol–water partition coefficient (Wildman–Crippen LogP) is 2.18. The van der Waals surface area contributed by atoms with Gasteiger partial charge in [-0.05, 0) is 12.8 Å². The molecule has 3 nitrogen and oxygen atoms in total. The maximum Gasteiger partial charge on any atom is 0.152 e. The Hall–Kier alpha value is -0.0600. The fourth-order valence-electron chi connectivity index (χ4n) is 1.66. The number of nitrogens with one attached hydrogen (secondary N) is 2. The Kier molecular flexibility index (Phi) is 8.99. The van der Waals surface area contributed by atoms with Crippen molar-refractivity contribution in [1.29, 1.82) is 0 Å². The van der Waals surface area contributed by atoms with Gasteiger partial charge < -0.3 is 5.32 Å². The molecule has 0 rings (SSSR count). The molecule has 0 saturated heterocycles. The van der Waals surface area contributed by atoms with Crippen molar-refractivity contribution in [1.82, 2.24) is 10.0 Å². The van der Waals surface area contributed by atoms with Crippen LogP contribution in [0.1, 0.15) is 47.0 Å². The van der Waals surface area contributed by atoms with Crippen molar-refractivity contribution in [3.05, 3.63) is 0 Å². The Balaban J connectivity index is 4.05. The van der Waals surface area contributed by atoms with Crippen LogP contribution in [0.5, 0.6) is 0 Å². The second kappa shape index (κ2) is 9.02. The molecule has 0 aromatic carbocycles. The van der Waals surface area contributed by atoms with Crippen molar-refractivity contribution in [3.8, 4) is 0 Å². The molecule has 0 amide bonds. The number of carbonyl (C=O) groups is 1. The number of thiol groups is 1. The molecule has 4 heteroatoms. The van der Waals surface area contributed by atoms with Gasteiger partial charge >= 0.3 is 0 Å². The second-order valence-electron chi connectivity index (χ2n) is 4.83. The van der Waals surface area contributed by atoms with Crippen molar-refractivity contribution >= 4 is 18.6 Å². The van der Waals surface area contributed by atoms with Crippen LogP contribution >= 0.6 is 12.8 Å². The van der Waals surface area contributed by atoms with Gasteiger partial charge in [-0.25, -0.2) is 0 Å². The lowest BCUT2D eigenvalue weighted by Crippen LogP contribution is -2.42. The highest BCUT2D eigenvalue weighted by molar-refractivity contribution is 7.78. The monoisotopic (exact) mass is 246 g/mol. The first kappa shape index (κ1) is 15.9. The lowest BCUT2D eigenvalue weighted by atomic mass is 9.96. The van der Waals surface area contributed by atoms with Crippen LogP contribution < -0.4 is 10.0 Å². The van der Waals surface area contributed by atoms with Crippen molar-refractivity contribution < 1.29 is 4.79 Å². The molecular weight excluding hydrogens is 220 g/mol. The third-order valence-electron chi connectivity index (χ3n) is 2.48. The molecule has 0 heterocycles. The summed E-state index contributed by atoms with van der Waals surface area (Å²) in [6.45, 7) is 8.98. The normalized spacial score (nSPS) is 13.4. The highest BCUT2D eigenvalue weighted by Crippen LogP contribution is 2.08. The van der Waals surface area contributed by atoms with Gasteiger partial charge in [0.05, 0.1) is 6.04 Å². The van der Waals surface area contributed by atoms with E-state index >= 15 is 0 Å². The molecule has 0 aliphatic carbocycles. The molecule has 0 spiro atoms. The van der Waals surface area contributed by atoms with Gasteiger partial charge in [-0.2, -0.15) is 0 Å². The Bertz CT molecular complexity index is 195. The standard InChI is InChI=1S/C12H26N2OS/c1-9(2)12(15)11(14-10(3)4)7-5-6-8-13-16/h9-11,13-14,16H,5-8H2,1-4H3. The van der Waals surface area contributed by atoms with E-state index in [0.717, 1.165) is 25.8 Å². The van der Waals surface area contributed by atoms with Gasteiger partial charge in [0.1, 0.15) is 0 Å². The number of hydrogen-bond donors (Lipinski definition) is 3. The van der Waals surface area contributed by atoms with E-state index in [1.165, 1.54) is 0 Å². The van der Waals surface area contributed by atoms with Gasteiger partial charge in [0.15, 0.2) is 5.78 Å². The molecule has 0 saturated carbocycles. The summed E-state index contributed by atoms with van der Waals surface area (Å²) in [6, 6.07) is 0.371. The zero-order valence-corrected chi connectivity index (χ0v) is 11.8. The molecule has 2 N–H and O–H groups in total. The minimum absolute atomic E-state index is 0.0138. The van der Waals surface area contributed by atoms with Crippen LogP contribution in [-0.2, 0) is 4.79 Å². The minimum Gasteiger partial charge on any atom is -0.305 e. The molecule has 1 atom stereocenters. The summed E-state index contributed by atoms with van der Waals surface area (Å²) in [4.78, 5) is 11.9. The first-order valence-electron chi connectivity index (χ1n) is 6.15. The SMILES string of the molecule is CC(C)NC(CCCCNS)C(=O)C(C)C. The molecule has 0 aliphatic heterocycles. The van der Waals surface area contributed by atoms with Crippen LogP contribution in [0.3, 0.4) is 0 Å². The number of unbranched alkanes of at least 4 members (excludes halogenated alkanes) is 1. The van der Waals surface area contributed by atoms with E-state index in [-0.39, 0.29) is 12.0 Å². The first-order valence-corrected chi connectivity index (χ1v) is 6.60. The summed E-state index contributed by atoms with van der Waals surface area (Å²) >= 11 is 3.94. The Morgan fingerprint density at radius 1 is 1.19 bits per heavy atom. The van der Waals surface area contributed by atoms with Gasteiger partial charge in [-0.3, -0.25) is 9.52 Å². The molecule has 16 heavy (non-hydrogen) atoms. The molecule has 1 unspecified atom stereocenters.